The van der Waals surface area contributed by atoms with Crippen LogP contribution >= 0.6 is 0 Å². The van der Waals surface area contributed by atoms with E-state index < -0.39 is 5.97 Å². The molecule has 2 heteroatoms. The summed E-state index contributed by atoms with van der Waals surface area (Å²) in [5, 5.41) is 8.51. The van der Waals surface area contributed by atoms with E-state index in [1.807, 2.05) is 0 Å². The van der Waals surface area contributed by atoms with Gasteiger partial charge in [-0.25, -0.2) is 0 Å². The lowest BCUT2D eigenvalue weighted by Crippen LogP contribution is -2.17. The highest BCUT2D eigenvalue weighted by Gasteiger charge is 2.22. The minimum Gasteiger partial charge on any atom is -0.481 e. The van der Waals surface area contributed by atoms with Crippen LogP contribution in [-0.2, 0) is 4.79 Å². The molecule has 96 valence electrons. The molecule has 0 rings (SSSR count). The highest BCUT2D eigenvalue weighted by Crippen LogP contribution is 2.36. The van der Waals surface area contributed by atoms with Crippen molar-refractivity contribution >= 4 is 5.97 Å². The number of carboxylic acid groups (broad SMARTS) is 1. The average Bonchev–Trinajstić information content (AvgIpc) is 2.29. The summed E-state index contributed by atoms with van der Waals surface area (Å²) in [5.41, 5.74) is 0.548. The minimum atomic E-state index is -0.662. The van der Waals surface area contributed by atoms with Crippen LogP contribution in [0.15, 0.2) is 0 Å². The molecule has 0 saturated carbocycles. The van der Waals surface area contributed by atoms with Crippen LogP contribution in [0.1, 0.15) is 78.6 Å². The van der Waals surface area contributed by atoms with E-state index in [-0.39, 0.29) is 0 Å². The Bertz CT molecular complexity index is 175. The van der Waals surface area contributed by atoms with Crippen molar-refractivity contribution in [1.29, 1.82) is 0 Å². The summed E-state index contributed by atoms with van der Waals surface area (Å²) in [6, 6.07) is 0. The molecular formula is C14H28O2. The predicted molar refractivity (Wildman–Crippen MR) is 68.6 cm³/mol. The van der Waals surface area contributed by atoms with E-state index in [9.17, 15) is 4.79 Å². The van der Waals surface area contributed by atoms with Gasteiger partial charge in [-0.2, -0.15) is 0 Å². The highest BCUT2D eigenvalue weighted by molar-refractivity contribution is 5.66. The smallest absolute Gasteiger partial charge is 0.303 e. The second-order valence-electron chi connectivity index (χ2n) is 4.87. The van der Waals surface area contributed by atoms with Gasteiger partial charge in [-0.15, -0.1) is 0 Å². The fourth-order valence-corrected chi connectivity index (χ4v) is 2.41. The molecule has 0 atom stereocenters. The molecule has 1 N–H and O–H groups in total. The third-order valence-corrected chi connectivity index (χ3v) is 4.10. The van der Waals surface area contributed by atoms with Crippen LogP contribution in [0.3, 0.4) is 0 Å². The average molecular weight is 228 g/mol. The Kier molecular flexibility index (Phi) is 8.32. The van der Waals surface area contributed by atoms with Crippen molar-refractivity contribution in [2.75, 3.05) is 0 Å². The van der Waals surface area contributed by atoms with Gasteiger partial charge in [0.1, 0.15) is 0 Å². The molecule has 16 heavy (non-hydrogen) atoms. The van der Waals surface area contributed by atoms with Gasteiger partial charge >= 0.3 is 5.97 Å². The first kappa shape index (κ1) is 15.5. The van der Waals surface area contributed by atoms with Crippen LogP contribution in [0.2, 0.25) is 0 Å². The predicted octanol–water partition coefficient (Wildman–Crippen LogP) is 4.63. The number of hydrogen-bond acceptors (Lipinski definition) is 1. The monoisotopic (exact) mass is 228 g/mol. The van der Waals surface area contributed by atoms with E-state index in [2.05, 4.69) is 20.8 Å². The largest absolute Gasteiger partial charge is 0.481 e. The first-order valence-corrected chi connectivity index (χ1v) is 6.82. The molecule has 0 spiro atoms. The van der Waals surface area contributed by atoms with Gasteiger partial charge in [0.05, 0.1) is 0 Å². The molecule has 0 radical (unpaired) electrons. The van der Waals surface area contributed by atoms with Crippen LogP contribution in [0, 0.1) is 5.41 Å². The van der Waals surface area contributed by atoms with Crippen molar-refractivity contribution in [3.05, 3.63) is 0 Å². The molecule has 0 bridgehead atoms. The van der Waals surface area contributed by atoms with Crippen LogP contribution in [0.5, 0.6) is 0 Å². The summed E-state index contributed by atoms with van der Waals surface area (Å²) in [4.78, 5) is 10.3. The van der Waals surface area contributed by atoms with E-state index >= 15 is 0 Å². The van der Waals surface area contributed by atoms with E-state index in [1.165, 1.54) is 38.5 Å². The Labute approximate surface area is 100 Å². The Morgan fingerprint density at radius 1 is 0.938 bits per heavy atom. The highest BCUT2D eigenvalue weighted by atomic mass is 16.4. The molecular weight excluding hydrogens is 200 g/mol. The summed E-state index contributed by atoms with van der Waals surface area (Å²) in [6.45, 7) is 6.87. The first-order chi connectivity index (χ1) is 7.60. The fourth-order valence-electron chi connectivity index (χ4n) is 2.41. The maximum absolute atomic E-state index is 10.3. The molecule has 0 heterocycles. The SMILES string of the molecule is CCC(CC)(CC)CCCCCCC(=O)O. The van der Waals surface area contributed by atoms with Crippen LogP contribution in [-0.4, -0.2) is 11.1 Å². The molecule has 2 nitrogen and oxygen atoms in total. The van der Waals surface area contributed by atoms with Crippen LogP contribution < -0.4 is 0 Å². The zero-order chi connectivity index (χ0) is 12.4. The molecule has 0 fully saturated rings. The summed E-state index contributed by atoms with van der Waals surface area (Å²) in [6.07, 6.45) is 9.82. The zero-order valence-electron chi connectivity index (χ0n) is 11.2. The molecule has 0 aliphatic carbocycles. The van der Waals surface area contributed by atoms with Gasteiger partial charge in [-0.1, -0.05) is 59.3 Å². The number of hydrogen-bond donors (Lipinski definition) is 1. The van der Waals surface area contributed by atoms with Gasteiger partial charge < -0.3 is 5.11 Å². The maximum atomic E-state index is 10.3. The van der Waals surface area contributed by atoms with E-state index in [0.29, 0.717) is 11.8 Å². The molecule has 0 aromatic heterocycles. The third kappa shape index (κ3) is 6.14. The summed E-state index contributed by atoms with van der Waals surface area (Å²) < 4.78 is 0. The summed E-state index contributed by atoms with van der Waals surface area (Å²) in [5.74, 6) is -0.662. The van der Waals surface area contributed by atoms with E-state index in [0.717, 1.165) is 12.8 Å². The molecule has 0 aliphatic heterocycles. The maximum Gasteiger partial charge on any atom is 0.303 e. The standard InChI is InChI=1S/C14H28O2/c1-4-14(5-2,6-3)12-10-8-7-9-11-13(15)16/h4-12H2,1-3H3,(H,15,16). The van der Waals surface area contributed by atoms with Crippen LogP contribution in [0.25, 0.3) is 0 Å². The number of aliphatic carboxylic acids is 1. The zero-order valence-corrected chi connectivity index (χ0v) is 11.2. The first-order valence-electron chi connectivity index (χ1n) is 6.82. The molecule has 0 saturated heterocycles. The second kappa shape index (κ2) is 8.60. The summed E-state index contributed by atoms with van der Waals surface area (Å²) in [7, 11) is 0. The van der Waals surface area contributed by atoms with Gasteiger partial charge in [0.15, 0.2) is 0 Å². The Morgan fingerprint density at radius 2 is 1.44 bits per heavy atom. The number of unbranched alkanes of at least 4 members (excludes halogenated alkanes) is 3. The van der Waals surface area contributed by atoms with Gasteiger partial charge in [0.25, 0.3) is 0 Å². The number of carbonyl (C=O) groups is 1. The topological polar surface area (TPSA) is 37.3 Å². The van der Waals surface area contributed by atoms with Crippen molar-refractivity contribution in [2.24, 2.45) is 5.41 Å². The fraction of sp³-hybridized carbons (Fsp3) is 0.929. The van der Waals surface area contributed by atoms with Crippen molar-refractivity contribution in [1.82, 2.24) is 0 Å². The lowest BCUT2D eigenvalue weighted by molar-refractivity contribution is -0.137. The minimum absolute atomic E-state index is 0.334. The lowest BCUT2D eigenvalue weighted by atomic mass is 9.75. The Balaban J connectivity index is 3.59. The Hall–Kier alpha value is -0.530. The van der Waals surface area contributed by atoms with Crippen molar-refractivity contribution in [3.63, 3.8) is 0 Å². The number of rotatable bonds is 10. The third-order valence-electron chi connectivity index (χ3n) is 4.10. The van der Waals surface area contributed by atoms with Crippen molar-refractivity contribution in [3.8, 4) is 0 Å². The normalized spacial score (nSPS) is 11.7. The quantitative estimate of drug-likeness (QED) is 0.554. The molecule has 0 amide bonds. The van der Waals surface area contributed by atoms with Gasteiger partial charge in [-0.05, 0) is 18.3 Å². The molecule has 0 unspecified atom stereocenters. The number of carboxylic acids is 1. The van der Waals surface area contributed by atoms with Gasteiger partial charge in [0.2, 0.25) is 0 Å². The van der Waals surface area contributed by atoms with Crippen molar-refractivity contribution in [2.45, 2.75) is 78.6 Å². The molecule has 0 aromatic rings. The van der Waals surface area contributed by atoms with Gasteiger partial charge in [-0.3, -0.25) is 4.79 Å². The Morgan fingerprint density at radius 3 is 1.88 bits per heavy atom. The van der Waals surface area contributed by atoms with Gasteiger partial charge in [0, 0.05) is 6.42 Å². The van der Waals surface area contributed by atoms with Crippen molar-refractivity contribution < 1.29 is 9.90 Å². The summed E-state index contributed by atoms with van der Waals surface area (Å²) >= 11 is 0. The van der Waals surface area contributed by atoms with E-state index in [1.54, 1.807) is 0 Å². The lowest BCUT2D eigenvalue weighted by Gasteiger charge is -2.30. The molecule has 0 aliphatic rings. The second-order valence-corrected chi connectivity index (χ2v) is 4.87. The molecule has 0 aromatic carbocycles. The van der Waals surface area contributed by atoms with Crippen LogP contribution in [0.4, 0.5) is 0 Å². The van der Waals surface area contributed by atoms with E-state index in [4.69, 9.17) is 5.11 Å².